The predicted octanol–water partition coefficient (Wildman–Crippen LogP) is 3.13. The second-order valence-electron chi connectivity index (χ2n) is 3.84. The molecule has 1 rings (SSSR count). The zero-order valence-corrected chi connectivity index (χ0v) is 10.7. The number of ether oxygens (including phenoxy) is 1. The van der Waals surface area contributed by atoms with Gasteiger partial charge in [-0.1, -0.05) is 0 Å². The van der Waals surface area contributed by atoms with Gasteiger partial charge in [-0.15, -0.1) is 11.3 Å². The van der Waals surface area contributed by atoms with Gasteiger partial charge < -0.3 is 10.1 Å². The molecule has 0 amide bonds. The third-order valence-electron chi connectivity index (χ3n) is 2.52. The first-order valence-corrected chi connectivity index (χ1v) is 6.40. The van der Waals surface area contributed by atoms with Gasteiger partial charge in [0.05, 0.1) is 0 Å². The van der Waals surface area contributed by atoms with Crippen LogP contribution < -0.4 is 5.32 Å². The van der Waals surface area contributed by atoms with E-state index in [1.165, 1.54) is 16.9 Å². The molecule has 1 atom stereocenters. The summed E-state index contributed by atoms with van der Waals surface area (Å²) in [5, 5.41) is 5.70. The molecule has 1 N–H and O–H groups in total. The number of nitrogens with one attached hydrogen (secondary N) is 1. The minimum Gasteiger partial charge on any atom is -0.385 e. The highest BCUT2D eigenvalue weighted by atomic mass is 32.1. The van der Waals surface area contributed by atoms with Gasteiger partial charge in [-0.2, -0.15) is 0 Å². The molecule has 0 bridgehead atoms. The maximum Gasteiger partial charge on any atom is 0.0462 e. The maximum absolute atomic E-state index is 5.01. The first kappa shape index (κ1) is 12.7. The molecular weight excluding hydrogens is 206 g/mol. The normalized spacial score (nSPS) is 13.0. The average Bonchev–Trinajstić information content (AvgIpc) is 2.64. The van der Waals surface area contributed by atoms with Crippen molar-refractivity contribution in [2.45, 2.75) is 32.7 Å². The Hall–Kier alpha value is -0.380. The van der Waals surface area contributed by atoms with Crippen molar-refractivity contribution in [2.75, 3.05) is 20.3 Å². The standard InChI is InChI=1S/C12H21NOS/c1-10-6-9-15-12(10)11(2)13-7-4-5-8-14-3/h6,9,11,13H,4-5,7-8H2,1-3H3/t11-/m0/s1. The van der Waals surface area contributed by atoms with Gasteiger partial charge in [0, 0.05) is 24.6 Å². The maximum atomic E-state index is 5.01. The molecule has 0 aromatic carbocycles. The monoisotopic (exact) mass is 227 g/mol. The molecule has 1 aromatic heterocycles. The summed E-state index contributed by atoms with van der Waals surface area (Å²) in [6.07, 6.45) is 2.32. The van der Waals surface area contributed by atoms with Gasteiger partial charge in [0.1, 0.15) is 0 Å². The van der Waals surface area contributed by atoms with Crippen LogP contribution in [0.2, 0.25) is 0 Å². The van der Waals surface area contributed by atoms with Crippen molar-refractivity contribution < 1.29 is 4.74 Å². The number of rotatable bonds is 7. The van der Waals surface area contributed by atoms with Crippen LogP contribution in [0, 0.1) is 6.92 Å². The molecule has 3 heteroatoms. The van der Waals surface area contributed by atoms with E-state index < -0.39 is 0 Å². The summed E-state index contributed by atoms with van der Waals surface area (Å²) in [6, 6.07) is 2.66. The Balaban J connectivity index is 2.19. The van der Waals surface area contributed by atoms with Crippen LogP contribution in [0.3, 0.4) is 0 Å². The van der Waals surface area contributed by atoms with Crippen LogP contribution in [0.4, 0.5) is 0 Å². The van der Waals surface area contributed by atoms with Crippen molar-refractivity contribution in [3.8, 4) is 0 Å². The molecule has 0 radical (unpaired) electrons. The van der Waals surface area contributed by atoms with E-state index in [1.54, 1.807) is 7.11 Å². The van der Waals surface area contributed by atoms with Crippen molar-refractivity contribution in [1.82, 2.24) is 5.32 Å². The van der Waals surface area contributed by atoms with E-state index in [2.05, 4.69) is 30.6 Å². The Kier molecular flexibility index (Phi) is 5.91. The molecule has 1 aromatic rings. The second-order valence-corrected chi connectivity index (χ2v) is 4.79. The van der Waals surface area contributed by atoms with Crippen molar-refractivity contribution in [2.24, 2.45) is 0 Å². The van der Waals surface area contributed by atoms with Crippen LogP contribution in [0.1, 0.15) is 36.2 Å². The fourth-order valence-corrected chi connectivity index (χ4v) is 2.57. The number of aryl methyl sites for hydroxylation is 1. The third-order valence-corrected chi connectivity index (χ3v) is 3.72. The molecule has 0 aliphatic carbocycles. The molecule has 0 spiro atoms. The molecule has 0 fully saturated rings. The quantitative estimate of drug-likeness (QED) is 0.723. The SMILES string of the molecule is COCCCCN[C@@H](C)c1sccc1C. The van der Waals surface area contributed by atoms with E-state index in [4.69, 9.17) is 4.74 Å². The van der Waals surface area contributed by atoms with Gasteiger partial charge in [-0.05, 0) is 50.2 Å². The van der Waals surface area contributed by atoms with Crippen LogP contribution in [-0.2, 0) is 4.74 Å². The molecule has 0 saturated carbocycles. The number of unbranched alkanes of at least 4 members (excludes halogenated alkanes) is 1. The Morgan fingerprint density at radius 3 is 2.87 bits per heavy atom. The largest absolute Gasteiger partial charge is 0.385 e. The molecule has 1 heterocycles. The summed E-state index contributed by atoms with van der Waals surface area (Å²) in [7, 11) is 1.76. The summed E-state index contributed by atoms with van der Waals surface area (Å²) >= 11 is 1.84. The number of methoxy groups -OCH3 is 1. The summed E-state index contributed by atoms with van der Waals surface area (Å²) in [6.45, 7) is 6.35. The van der Waals surface area contributed by atoms with E-state index in [0.29, 0.717) is 6.04 Å². The molecule has 2 nitrogen and oxygen atoms in total. The zero-order valence-electron chi connectivity index (χ0n) is 9.88. The molecule has 0 aliphatic rings. The van der Waals surface area contributed by atoms with E-state index in [-0.39, 0.29) is 0 Å². The number of hydrogen-bond donors (Lipinski definition) is 1. The topological polar surface area (TPSA) is 21.3 Å². The molecular formula is C12H21NOS. The fourth-order valence-electron chi connectivity index (χ4n) is 1.61. The minimum atomic E-state index is 0.479. The first-order valence-electron chi connectivity index (χ1n) is 5.52. The number of thiophene rings is 1. The van der Waals surface area contributed by atoms with Crippen molar-refractivity contribution in [3.05, 3.63) is 21.9 Å². The average molecular weight is 227 g/mol. The lowest BCUT2D eigenvalue weighted by Crippen LogP contribution is -2.19. The van der Waals surface area contributed by atoms with E-state index in [0.717, 1.165) is 19.6 Å². The fraction of sp³-hybridized carbons (Fsp3) is 0.667. The van der Waals surface area contributed by atoms with Gasteiger partial charge in [-0.25, -0.2) is 0 Å². The van der Waals surface area contributed by atoms with Crippen LogP contribution >= 0.6 is 11.3 Å². The lowest BCUT2D eigenvalue weighted by Gasteiger charge is -2.13. The van der Waals surface area contributed by atoms with Crippen LogP contribution in [0.5, 0.6) is 0 Å². The molecule has 15 heavy (non-hydrogen) atoms. The zero-order chi connectivity index (χ0) is 11.1. The van der Waals surface area contributed by atoms with Crippen LogP contribution in [0.15, 0.2) is 11.4 Å². The van der Waals surface area contributed by atoms with Gasteiger partial charge in [0.2, 0.25) is 0 Å². The molecule has 0 saturated heterocycles. The van der Waals surface area contributed by atoms with E-state index in [9.17, 15) is 0 Å². The van der Waals surface area contributed by atoms with E-state index >= 15 is 0 Å². The highest BCUT2D eigenvalue weighted by molar-refractivity contribution is 7.10. The molecule has 0 aliphatic heterocycles. The van der Waals surface area contributed by atoms with Crippen molar-refractivity contribution >= 4 is 11.3 Å². The van der Waals surface area contributed by atoms with Crippen molar-refractivity contribution in [3.63, 3.8) is 0 Å². The second kappa shape index (κ2) is 6.99. The highest BCUT2D eigenvalue weighted by Crippen LogP contribution is 2.23. The minimum absolute atomic E-state index is 0.479. The van der Waals surface area contributed by atoms with Crippen molar-refractivity contribution in [1.29, 1.82) is 0 Å². The molecule has 86 valence electrons. The first-order chi connectivity index (χ1) is 7.25. The Morgan fingerprint density at radius 1 is 1.47 bits per heavy atom. The summed E-state index contributed by atoms with van der Waals surface area (Å²) in [5.41, 5.74) is 1.40. The highest BCUT2D eigenvalue weighted by Gasteiger charge is 2.08. The smallest absolute Gasteiger partial charge is 0.0462 e. The summed E-state index contributed by atoms with van der Waals surface area (Å²) in [4.78, 5) is 1.46. The van der Waals surface area contributed by atoms with Gasteiger partial charge in [-0.3, -0.25) is 0 Å². The van der Waals surface area contributed by atoms with Crippen LogP contribution in [-0.4, -0.2) is 20.3 Å². The third kappa shape index (κ3) is 4.33. The lowest BCUT2D eigenvalue weighted by atomic mass is 10.2. The summed E-state index contributed by atoms with van der Waals surface area (Å²) in [5.74, 6) is 0. The van der Waals surface area contributed by atoms with Gasteiger partial charge in [0.15, 0.2) is 0 Å². The van der Waals surface area contributed by atoms with E-state index in [1.807, 2.05) is 11.3 Å². The Labute approximate surface area is 96.7 Å². The lowest BCUT2D eigenvalue weighted by molar-refractivity contribution is 0.192. The van der Waals surface area contributed by atoms with Gasteiger partial charge in [0.25, 0.3) is 0 Å². The number of hydrogen-bond acceptors (Lipinski definition) is 3. The Bertz CT molecular complexity index is 272. The Morgan fingerprint density at radius 2 is 2.27 bits per heavy atom. The van der Waals surface area contributed by atoms with Crippen LogP contribution in [0.25, 0.3) is 0 Å². The predicted molar refractivity (Wildman–Crippen MR) is 66.6 cm³/mol. The van der Waals surface area contributed by atoms with Gasteiger partial charge >= 0.3 is 0 Å². The molecule has 0 unspecified atom stereocenters. The summed E-state index contributed by atoms with van der Waals surface area (Å²) < 4.78 is 5.01.